The average Bonchev–Trinajstić information content (AvgIpc) is 2.80. The molecule has 116 valence electrons. The maximum atomic E-state index is 11.3. The lowest BCUT2D eigenvalue weighted by molar-refractivity contribution is -0.0387. The summed E-state index contributed by atoms with van der Waals surface area (Å²) >= 11 is 0. The molecule has 2 heterocycles. The Kier molecular flexibility index (Phi) is 4.10. The van der Waals surface area contributed by atoms with Crippen molar-refractivity contribution in [2.24, 2.45) is 11.3 Å². The molecule has 2 N–H and O–H groups in total. The monoisotopic (exact) mass is 301 g/mol. The van der Waals surface area contributed by atoms with Crippen LogP contribution < -0.4 is 10.0 Å². The van der Waals surface area contributed by atoms with E-state index in [1.807, 2.05) is 0 Å². The molecule has 1 unspecified atom stereocenters. The van der Waals surface area contributed by atoms with E-state index in [0.717, 1.165) is 18.8 Å². The zero-order valence-electron chi connectivity index (χ0n) is 12.4. The van der Waals surface area contributed by atoms with E-state index >= 15 is 0 Å². The van der Waals surface area contributed by atoms with Gasteiger partial charge in [-0.2, -0.15) is 0 Å². The van der Waals surface area contributed by atoms with Crippen LogP contribution >= 0.6 is 0 Å². The lowest BCUT2D eigenvalue weighted by atomic mass is 9.67. The summed E-state index contributed by atoms with van der Waals surface area (Å²) in [5.74, 6) is 0.843. The first-order valence-corrected chi connectivity index (χ1v) is 9.74. The first-order valence-electron chi connectivity index (χ1n) is 7.85. The number of hydrogen-bond donors (Lipinski definition) is 2. The van der Waals surface area contributed by atoms with Gasteiger partial charge in [0.05, 0.1) is 6.26 Å². The second-order valence-corrected chi connectivity index (χ2v) is 8.97. The highest BCUT2D eigenvalue weighted by atomic mass is 32.2. The van der Waals surface area contributed by atoms with Gasteiger partial charge in [0, 0.05) is 25.7 Å². The van der Waals surface area contributed by atoms with Crippen molar-refractivity contribution in [3.63, 3.8) is 0 Å². The zero-order valence-corrected chi connectivity index (χ0v) is 13.2. The standard InChI is InChI=1S/C14H27N3O2S/c1-20(18,19)16-13-2-5-14(6-3-13)10-17(11-14)9-12-4-7-15-8-12/h12-13,15-16H,2-11H2,1H3. The minimum absolute atomic E-state index is 0.170. The lowest BCUT2D eigenvalue weighted by Gasteiger charge is -2.54. The van der Waals surface area contributed by atoms with Crippen LogP contribution in [0.3, 0.4) is 0 Å². The van der Waals surface area contributed by atoms with Crippen LogP contribution in [0.15, 0.2) is 0 Å². The highest BCUT2D eigenvalue weighted by Gasteiger charge is 2.45. The average molecular weight is 301 g/mol. The molecule has 0 bridgehead atoms. The molecule has 1 atom stereocenters. The molecule has 2 aliphatic heterocycles. The van der Waals surface area contributed by atoms with Crippen molar-refractivity contribution in [1.29, 1.82) is 0 Å². The van der Waals surface area contributed by atoms with Gasteiger partial charge in [-0.05, 0) is 56.5 Å². The molecule has 3 rings (SSSR count). The third-order valence-corrected chi connectivity index (χ3v) is 5.99. The second kappa shape index (κ2) is 5.55. The van der Waals surface area contributed by atoms with E-state index in [-0.39, 0.29) is 6.04 Å². The van der Waals surface area contributed by atoms with E-state index in [1.54, 1.807) is 0 Å². The molecule has 20 heavy (non-hydrogen) atoms. The van der Waals surface area contributed by atoms with Gasteiger partial charge in [-0.1, -0.05) is 0 Å². The van der Waals surface area contributed by atoms with Crippen LogP contribution in [-0.2, 0) is 10.0 Å². The van der Waals surface area contributed by atoms with E-state index < -0.39 is 10.0 Å². The van der Waals surface area contributed by atoms with E-state index in [0.29, 0.717) is 5.41 Å². The fourth-order valence-electron chi connectivity index (χ4n) is 4.23. The Bertz CT molecular complexity index is 429. The van der Waals surface area contributed by atoms with Crippen LogP contribution in [0.1, 0.15) is 32.1 Å². The molecule has 0 amide bonds. The predicted molar refractivity (Wildman–Crippen MR) is 80.1 cm³/mol. The van der Waals surface area contributed by atoms with E-state index in [4.69, 9.17) is 0 Å². The number of nitrogens with one attached hydrogen (secondary N) is 2. The van der Waals surface area contributed by atoms with Crippen molar-refractivity contribution < 1.29 is 8.42 Å². The van der Waals surface area contributed by atoms with Gasteiger partial charge in [-0.3, -0.25) is 0 Å². The molecule has 3 fully saturated rings. The molecule has 2 saturated heterocycles. The Labute approximate surface area is 122 Å². The summed E-state index contributed by atoms with van der Waals surface area (Å²) in [7, 11) is -3.04. The number of nitrogens with zero attached hydrogens (tertiary/aromatic N) is 1. The summed E-state index contributed by atoms with van der Waals surface area (Å²) < 4.78 is 25.3. The maximum absolute atomic E-state index is 11.3. The van der Waals surface area contributed by atoms with E-state index in [9.17, 15) is 8.42 Å². The molecule has 3 aliphatic rings. The number of likely N-dealkylation sites (tertiary alicyclic amines) is 1. The fraction of sp³-hybridized carbons (Fsp3) is 1.00. The molecule has 0 aromatic heterocycles. The van der Waals surface area contributed by atoms with Crippen LogP contribution in [0.2, 0.25) is 0 Å². The number of rotatable bonds is 4. The highest BCUT2D eigenvalue weighted by Crippen LogP contribution is 2.44. The topological polar surface area (TPSA) is 61.4 Å². The summed E-state index contributed by atoms with van der Waals surface area (Å²) in [6.45, 7) is 6.08. The molecule has 0 aromatic carbocycles. The third-order valence-electron chi connectivity index (χ3n) is 5.22. The largest absolute Gasteiger partial charge is 0.316 e. The Hall–Kier alpha value is -0.170. The molecule has 1 spiro atoms. The van der Waals surface area contributed by atoms with Gasteiger partial charge in [-0.15, -0.1) is 0 Å². The summed E-state index contributed by atoms with van der Waals surface area (Å²) in [5, 5.41) is 3.43. The van der Waals surface area contributed by atoms with E-state index in [1.165, 1.54) is 58.2 Å². The van der Waals surface area contributed by atoms with Crippen LogP contribution in [0.5, 0.6) is 0 Å². The Balaban J connectivity index is 1.41. The van der Waals surface area contributed by atoms with Gasteiger partial charge in [0.1, 0.15) is 0 Å². The molecular formula is C14H27N3O2S. The van der Waals surface area contributed by atoms with Crippen LogP contribution in [-0.4, -0.2) is 58.3 Å². The minimum atomic E-state index is -3.04. The van der Waals surface area contributed by atoms with Crippen molar-refractivity contribution in [3.05, 3.63) is 0 Å². The Morgan fingerprint density at radius 3 is 2.50 bits per heavy atom. The number of hydrogen-bond acceptors (Lipinski definition) is 4. The molecule has 0 aromatic rings. The normalized spacial score (nSPS) is 31.6. The molecule has 6 heteroatoms. The lowest BCUT2D eigenvalue weighted by Crippen LogP contribution is -2.59. The van der Waals surface area contributed by atoms with Crippen molar-refractivity contribution in [2.45, 2.75) is 38.1 Å². The Morgan fingerprint density at radius 1 is 1.25 bits per heavy atom. The minimum Gasteiger partial charge on any atom is -0.316 e. The van der Waals surface area contributed by atoms with Crippen molar-refractivity contribution in [1.82, 2.24) is 14.9 Å². The quantitative estimate of drug-likeness (QED) is 0.788. The van der Waals surface area contributed by atoms with Gasteiger partial charge >= 0.3 is 0 Å². The van der Waals surface area contributed by atoms with Crippen molar-refractivity contribution in [2.75, 3.05) is 39.0 Å². The van der Waals surface area contributed by atoms with Crippen LogP contribution in [0, 0.1) is 11.3 Å². The summed E-state index contributed by atoms with van der Waals surface area (Å²) in [6.07, 6.45) is 6.96. The Morgan fingerprint density at radius 2 is 1.95 bits per heavy atom. The first kappa shape index (κ1) is 14.8. The zero-order chi connectivity index (χ0) is 14.2. The van der Waals surface area contributed by atoms with Gasteiger partial charge in [0.2, 0.25) is 10.0 Å². The maximum Gasteiger partial charge on any atom is 0.208 e. The molecule has 0 radical (unpaired) electrons. The van der Waals surface area contributed by atoms with Crippen LogP contribution in [0.4, 0.5) is 0 Å². The van der Waals surface area contributed by atoms with Crippen molar-refractivity contribution >= 4 is 10.0 Å². The second-order valence-electron chi connectivity index (χ2n) is 7.19. The summed E-state index contributed by atoms with van der Waals surface area (Å²) in [5.41, 5.74) is 0.502. The van der Waals surface area contributed by atoms with Gasteiger partial charge in [-0.25, -0.2) is 13.1 Å². The molecule has 5 nitrogen and oxygen atoms in total. The fourth-order valence-corrected chi connectivity index (χ4v) is 5.08. The van der Waals surface area contributed by atoms with Crippen molar-refractivity contribution in [3.8, 4) is 0 Å². The molecule has 1 aliphatic carbocycles. The van der Waals surface area contributed by atoms with Crippen LogP contribution in [0.25, 0.3) is 0 Å². The smallest absolute Gasteiger partial charge is 0.208 e. The predicted octanol–water partition coefficient (Wildman–Crippen LogP) is 0.390. The SMILES string of the molecule is CS(=O)(=O)NC1CCC2(CC1)CN(CC1CCNC1)C2. The molecule has 1 saturated carbocycles. The van der Waals surface area contributed by atoms with Gasteiger partial charge in [0.15, 0.2) is 0 Å². The molecular weight excluding hydrogens is 274 g/mol. The van der Waals surface area contributed by atoms with Gasteiger partial charge in [0.25, 0.3) is 0 Å². The summed E-state index contributed by atoms with van der Waals surface area (Å²) in [6, 6.07) is 0.170. The first-order chi connectivity index (χ1) is 9.44. The van der Waals surface area contributed by atoms with E-state index in [2.05, 4.69) is 14.9 Å². The highest BCUT2D eigenvalue weighted by molar-refractivity contribution is 7.88. The summed E-state index contributed by atoms with van der Waals surface area (Å²) in [4.78, 5) is 2.60. The number of sulfonamides is 1. The van der Waals surface area contributed by atoms with Gasteiger partial charge < -0.3 is 10.2 Å². The third kappa shape index (κ3) is 3.53.